The van der Waals surface area contributed by atoms with Gasteiger partial charge in [0.25, 0.3) is 0 Å². The van der Waals surface area contributed by atoms with Gasteiger partial charge in [0, 0.05) is 0 Å². The van der Waals surface area contributed by atoms with Crippen molar-refractivity contribution in [1.29, 1.82) is 0 Å². The maximum Gasteiger partial charge on any atom is 0.359 e. The van der Waals surface area contributed by atoms with Crippen LogP contribution >= 0.6 is 11.3 Å². The van der Waals surface area contributed by atoms with Gasteiger partial charge in [-0.3, -0.25) is 0 Å². The number of nitrogens with two attached hydrogens (primary N) is 1. The molecule has 0 aliphatic rings. The zero-order chi connectivity index (χ0) is 13.4. The zero-order valence-electron chi connectivity index (χ0n) is 11.2. The molecular weight excluding hydrogens is 248 g/mol. The molecule has 18 heavy (non-hydrogen) atoms. The Morgan fingerprint density at radius 2 is 1.94 bits per heavy atom. The van der Waals surface area contributed by atoms with E-state index in [1.165, 1.54) is 50.6 Å². The third-order valence-electron chi connectivity index (χ3n) is 2.82. The summed E-state index contributed by atoms with van der Waals surface area (Å²) in [6.45, 7) is 2.21. The molecule has 1 rings (SSSR count). The summed E-state index contributed by atoms with van der Waals surface area (Å²) in [5.41, 5.74) is 6.01. The third-order valence-corrected chi connectivity index (χ3v) is 3.76. The number of thiazole rings is 1. The van der Waals surface area contributed by atoms with Crippen molar-refractivity contribution in [3.8, 4) is 0 Å². The number of ether oxygens (including phenoxy) is 1. The van der Waals surface area contributed by atoms with E-state index < -0.39 is 5.97 Å². The van der Waals surface area contributed by atoms with Crippen LogP contribution < -0.4 is 5.73 Å². The number of carbonyl (C=O) groups is 1. The Kier molecular flexibility index (Phi) is 6.72. The zero-order valence-corrected chi connectivity index (χ0v) is 12.0. The van der Waals surface area contributed by atoms with Gasteiger partial charge in [-0.2, -0.15) is 0 Å². The van der Waals surface area contributed by atoms with Gasteiger partial charge in [0.2, 0.25) is 0 Å². The van der Waals surface area contributed by atoms with E-state index in [0.717, 1.165) is 17.8 Å². The monoisotopic (exact) mass is 270 g/mol. The van der Waals surface area contributed by atoms with Crippen molar-refractivity contribution in [3.05, 3.63) is 10.7 Å². The van der Waals surface area contributed by atoms with Crippen LogP contribution in [-0.4, -0.2) is 18.1 Å². The number of anilines is 1. The smallest absolute Gasteiger partial charge is 0.359 e. The van der Waals surface area contributed by atoms with Gasteiger partial charge in [-0.15, -0.1) is 11.3 Å². The van der Waals surface area contributed by atoms with Crippen molar-refractivity contribution < 1.29 is 9.53 Å². The number of aryl methyl sites for hydroxylation is 1. The molecule has 0 saturated carbocycles. The van der Waals surface area contributed by atoms with E-state index in [1.54, 1.807) is 0 Å². The van der Waals surface area contributed by atoms with Gasteiger partial charge in [-0.1, -0.05) is 39.0 Å². The average molecular weight is 270 g/mol. The van der Waals surface area contributed by atoms with Crippen molar-refractivity contribution in [2.24, 2.45) is 0 Å². The summed E-state index contributed by atoms with van der Waals surface area (Å²) in [6.07, 6.45) is 8.40. The fourth-order valence-corrected chi connectivity index (χ4v) is 2.65. The fourth-order valence-electron chi connectivity index (χ4n) is 1.78. The van der Waals surface area contributed by atoms with Gasteiger partial charge in [0.15, 0.2) is 5.69 Å². The average Bonchev–Trinajstić information content (AvgIpc) is 2.74. The molecule has 0 amide bonds. The van der Waals surface area contributed by atoms with E-state index in [1.807, 2.05) is 0 Å². The maximum absolute atomic E-state index is 11.3. The Morgan fingerprint density at radius 1 is 1.28 bits per heavy atom. The van der Waals surface area contributed by atoms with E-state index in [-0.39, 0.29) is 5.69 Å². The number of unbranched alkanes of at least 4 members (excludes halogenated alkanes) is 5. The maximum atomic E-state index is 11.3. The van der Waals surface area contributed by atoms with Crippen LogP contribution in [0.1, 0.15) is 60.9 Å². The van der Waals surface area contributed by atoms with Gasteiger partial charge >= 0.3 is 5.97 Å². The molecule has 2 N–H and O–H groups in total. The first-order chi connectivity index (χ1) is 8.69. The Hall–Kier alpha value is -1.10. The minimum Gasteiger partial charge on any atom is -0.464 e. The molecule has 0 unspecified atom stereocenters. The number of hydrogen-bond donors (Lipinski definition) is 1. The molecule has 0 saturated heterocycles. The van der Waals surface area contributed by atoms with Crippen molar-refractivity contribution in [2.75, 3.05) is 12.8 Å². The van der Waals surface area contributed by atoms with Crippen LogP contribution in [0.25, 0.3) is 0 Å². The molecule has 1 aromatic heterocycles. The first-order valence-corrected chi connectivity index (χ1v) is 7.34. The SMILES string of the molecule is CCCCCCCCc1nc(C(=O)OC)c(N)s1. The number of nitrogen functional groups attached to an aromatic ring is 1. The summed E-state index contributed by atoms with van der Waals surface area (Å²) in [6, 6.07) is 0. The van der Waals surface area contributed by atoms with Crippen LogP contribution in [0.4, 0.5) is 5.00 Å². The van der Waals surface area contributed by atoms with Crippen LogP contribution in [0.5, 0.6) is 0 Å². The van der Waals surface area contributed by atoms with Crippen molar-refractivity contribution in [1.82, 2.24) is 4.98 Å². The molecular formula is C13H22N2O2S. The number of esters is 1. The van der Waals surface area contributed by atoms with E-state index in [0.29, 0.717) is 5.00 Å². The summed E-state index contributed by atoms with van der Waals surface area (Å²) in [4.78, 5) is 15.6. The molecule has 0 aliphatic carbocycles. The largest absolute Gasteiger partial charge is 0.464 e. The van der Waals surface area contributed by atoms with E-state index in [4.69, 9.17) is 5.73 Å². The predicted octanol–water partition coefficient (Wildman–Crippen LogP) is 3.41. The van der Waals surface area contributed by atoms with Crippen LogP contribution in [-0.2, 0) is 11.2 Å². The summed E-state index contributed by atoms with van der Waals surface area (Å²) in [5, 5.41) is 1.39. The van der Waals surface area contributed by atoms with Gasteiger partial charge < -0.3 is 10.5 Å². The quantitative estimate of drug-likeness (QED) is 0.580. The first-order valence-electron chi connectivity index (χ1n) is 6.52. The normalized spacial score (nSPS) is 10.6. The molecule has 5 heteroatoms. The molecule has 0 radical (unpaired) electrons. The second-order valence-electron chi connectivity index (χ2n) is 4.33. The topological polar surface area (TPSA) is 65.2 Å². The van der Waals surface area contributed by atoms with E-state index >= 15 is 0 Å². The lowest BCUT2D eigenvalue weighted by atomic mass is 10.1. The number of aromatic nitrogens is 1. The highest BCUT2D eigenvalue weighted by Gasteiger charge is 2.16. The highest BCUT2D eigenvalue weighted by atomic mass is 32.1. The van der Waals surface area contributed by atoms with E-state index in [9.17, 15) is 4.79 Å². The molecule has 1 heterocycles. The lowest BCUT2D eigenvalue weighted by molar-refractivity contribution is 0.0596. The summed E-state index contributed by atoms with van der Waals surface area (Å²) in [5.74, 6) is -0.446. The highest BCUT2D eigenvalue weighted by molar-refractivity contribution is 7.15. The van der Waals surface area contributed by atoms with Crippen LogP contribution in [0.15, 0.2) is 0 Å². The van der Waals surface area contributed by atoms with Crippen LogP contribution in [0, 0.1) is 0 Å². The second kappa shape index (κ2) is 8.08. The second-order valence-corrected chi connectivity index (χ2v) is 5.45. The van der Waals surface area contributed by atoms with E-state index in [2.05, 4.69) is 16.6 Å². The number of hydrogen-bond acceptors (Lipinski definition) is 5. The van der Waals surface area contributed by atoms with Crippen LogP contribution in [0.3, 0.4) is 0 Å². The minimum absolute atomic E-state index is 0.267. The molecule has 0 fully saturated rings. The molecule has 0 atom stereocenters. The molecule has 0 aromatic carbocycles. The molecule has 4 nitrogen and oxygen atoms in total. The van der Waals surface area contributed by atoms with Gasteiger partial charge in [0.05, 0.1) is 12.1 Å². The Bertz CT molecular complexity index is 377. The Labute approximate surface area is 113 Å². The number of nitrogens with zero attached hydrogens (tertiary/aromatic N) is 1. The lowest BCUT2D eigenvalue weighted by Gasteiger charge is -1.98. The van der Waals surface area contributed by atoms with Gasteiger partial charge in [-0.25, -0.2) is 9.78 Å². The van der Waals surface area contributed by atoms with Gasteiger partial charge in [-0.05, 0) is 12.8 Å². The molecule has 0 spiro atoms. The third kappa shape index (κ3) is 4.64. The van der Waals surface area contributed by atoms with Gasteiger partial charge in [0.1, 0.15) is 5.00 Å². The van der Waals surface area contributed by atoms with Crippen molar-refractivity contribution >= 4 is 22.3 Å². The molecule has 102 valence electrons. The summed E-state index contributed by atoms with van der Waals surface area (Å²) >= 11 is 1.39. The van der Waals surface area contributed by atoms with Crippen molar-refractivity contribution in [3.63, 3.8) is 0 Å². The first kappa shape index (κ1) is 15.0. The number of methoxy groups -OCH3 is 1. The highest BCUT2D eigenvalue weighted by Crippen LogP contribution is 2.23. The van der Waals surface area contributed by atoms with Crippen molar-refractivity contribution in [2.45, 2.75) is 51.9 Å². The Balaban J connectivity index is 2.33. The molecule has 0 bridgehead atoms. The Morgan fingerprint density at radius 3 is 2.61 bits per heavy atom. The predicted molar refractivity (Wildman–Crippen MR) is 74.9 cm³/mol. The molecule has 0 aliphatic heterocycles. The molecule has 1 aromatic rings. The lowest BCUT2D eigenvalue weighted by Crippen LogP contribution is -2.04. The summed E-state index contributed by atoms with van der Waals surface area (Å²) < 4.78 is 4.63. The fraction of sp³-hybridized carbons (Fsp3) is 0.692. The standard InChI is InChI=1S/C13H22N2O2S/c1-3-4-5-6-7-8-9-10-15-11(12(14)18-10)13(16)17-2/h3-9,14H2,1-2H3. The minimum atomic E-state index is -0.446. The summed E-state index contributed by atoms with van der Waals surface area (Å²) in [7, 11) is 1.34. The number of carbonyl (C=O) groups excluding carboxylic acids is 1. The number of rotatable bonds is 8. The van der Waals surface area contributed by atoms with Crippen LogP contribution in [0.2, 0.25) is 0 Å².